The second-order valence-corrected chi connectivity index (χ2v) is 4.31. The Bertz CT molecular complexity index is 356. The molecule has 0 aliphatic rings. The lowest BCUT2D eigenvalue weighted by Gasteiger charge is -2.07. The number of pyridine rings is 1. The van der Waals surface area contributed by atoms with Crippen LogP contribution in [0.5, 0.6) is 0 Å². The van der Waals surface area contributed by atoms with E-state index < -0.39 is 0 Å². The lowest BCUT2D eigenvalue weighted by atomic mass is 10.2. The molecule has 1 atom stereocenters. The number of amides is 1. The monoisotopic (exact) mass is 240 g/mol. The van der Waals surface area contributed by atoms with E-state index in [1.54, 1.807) is 25.3 Å². The SMILES string of the molecule is CSc1cc(C(=O)NCCC(C)O)ccn1. The quantitative estimate of drug-likeness (QED) is 0.762. The summed E-state index contributed by atoms with van der Waals surface area (Å²) in [5, 5.41) is 12.6. The summed E-state index contributed by atoms with van der Waals surface area (Å²) >= 11 is 1.50. The van der Waals surface area contributed by atoms with Gasteiger partial charge >= 0.3 is 0 Å². The number of hydrogen-bond acceptors (Lipinski definition) is 4. The molecule has 0 bridgehead atoms. The van der Waals surface area contributed by atoms with E-state index >= 15 is 0 Å². The first-order chi connectivity index (χ1) is 7.63. The zero-order valence-corrected chi connectivity index (χ0v) is 10.3. The molecule has 0 fully saturated rings. The van der Waals surface area contributed by atoms with Crippen LogP contribution in [0.3, 0.4) is 0 Å². The van der Waals surface area contributed by atoms with Gasteiger partial charge < -0.3 is 10.4 Å². The zero-order chi connectivity index (χ0) is 12.0. The standard InChI is InChI=1S/C11H16N2O2S/c1-8(14)3-5-13-11(15)9-4-6-12-10(7-9)16-2/h4,6-8,14H,3,5H2,1-2H3,(H,13,15). The molecule has 0 spiro atoms. The number of carbonyl (C=O) groups is 1. The normalized spacial score (nSPS) is 12.2. The van der Waals surface area contributed by atoms with E-state index in [4.69, 9.17) is 5.11 Å². The van der Waals surface area contributed by atoms with Gasteiger partial charge in [-0.2, -0.15) is 0 Å². The molecule has 1 unspecified atom stereocenters. The summed E-state index contributed by atoms with van der Waals surface area (Å²) < 4.78 is 0. The highest BCUT2D eigenvalue weighted by molar-refractivity contribution is 7.98. The Morgan fingerprint density at radius 3 is 3.06 bits per heavy atom. The third-order valence-corrected chi connectivity index (χ3v) is 2.70. The summed E-state index contributed by atoms with van der Waals surface area (Å²) in [4.78, 5) is 15.8. The zero-order valence-electron chi connectivity index (χ0n) is 9.43. The Morgan fingerprint density at radius 1 is 1.69 bits per heavy atom. The minimum atomic E-state index is -0.389. The largest absolute Gasteiger partial charge is 0.393 e. The average molecular weight is 240 g/mol. The van der Waals surface area contributed by atoms with E-state index in [1.807, 2.05) is 6.26 Å². The second-order valence-electron chi connectivity index (χ2n) is 3.48. The number of aliphatic hydroxyl groups is 1. The van der Waals surface area contributed by atoms with Crippen molar-refractivity contribution in [2.24, 2.45) is 0 Å². The van der Waals surface area contributed by atoms with Gasteiger partial charge in [0, 0.05) is 18.3 Å². The number of thioether (sulfide) groups is 1. The molecule has 1 rings (SSSR count). The molecule has 4 nitrogen and oxygen atoms in total. The molecule has 1 heterocycles. The van der Waals surface area contributed by atoms with Crippen molar-refractivity contribution in [2.45, 2.75) is 24.5 Å². The maximum absolute atomic E-state index is 11.7. The van der Waals surface area contributed by atoms with Gasteiger partial charge in [-0.15, -0.1) is 11.8 Å². The van der Waals surface area contributed by atoms with Crippen LogP contribution in [0.2, 0.25) is 0 Å². The third kappa shape index (κ3) is 4.20. The summed E-state index contributed by atoms with van der Waals surface area (Å²) in [7, 11) is 0. The van der Waals surface area contributed by atoms with E-state index in [0.717, 1.165) is 5.03 Å². The average Bonchev–Trinajstić information content (AvgIpc) is 2.28. The summed E-state index contributed by atoms with van der Waals surface area (Å²) in [6.07, 6.45) is 3.71. The number of aliphatic hydroxyl groups excluding tert-OH is 1. The molecule has 0 aliphatic carbocycles. The Morgan fingerprint density at radius 2 is 2.44 bits per heavy atom. The van der Waals surface area contributed by atoms with Gasteiger partial charge in [0.2, 0.25) is 0 Å². The molecule has 0 saturated heterocycles. The van der Waals surface area contributed by atoms with Crippen molar-refractivity contribution in [3.63, 3.8) is 0 Å². The van der Waals surface area contributed by atoms with Crippen LogP contribution < -0.4 is 5.32 Å². The Balaban J connectivity index is 2.52. The lowest BCUT2D eigenvalue weighted by molar-refractivity contribution is 0.0945. The van der Waals surface area contributed by atoms with Crippen LogP contribution in [0.1, 0.15) is 23.7 Å². The van der Waals surface area contributed by atoms with E-state index in [1.165, 1.54) is 11.8 Å². The van der Waals surface area contributed by atoms with Crippen LogP contribution in [0.15, 0.2) is 23.4 Å². The molecule has 0 aromatic carbocycles. The maximum atomic E-state index is 11.7. The van der Waals surface area contributed by atoms with Crippen LogP contribution >= 0.6 is 11.8 Å². The predicted molar refractivity (Wildman–Crippen MR) is 64.6 cm³/mol. The summed E-state index contributed by atoms with van der Waals surface area (Å²) in [6.45, 7) is 2.18. The lowest BCUT2D eigenvalue weighted by Crippen LogP contribution is -2.26. The Kier molecular flexibility index (Phi) is 5.28. The van der Waals surface area contributed by atoms with Crippen molar-refractivity contribution in [1.29, 1.82) is 0 Å². The van der Waals surface area contributed by atoms with E-state index in [2.05, 4.69) is 10.3 Å². The van der Waals surface area contributed by atoms with Crippen molar-refractivity contribution in [3.05, 3.63) is 23.9 Å². The molecule has 88 valence electrons. The second kappa shape index (κ2) is 6.50. The highest BCUT2D eigenvalue weighted by Crippen LogP contribution is 2.12. The molecule has 0 radical (unpaired) electrons. The fourth-order valence-electron chi connectivity index (χ4n) is 1.16. The number of aromatic nitrogens is 1. The van der Waals surface area contributed by atoms with Crippen molar-refractivity contribution in [1.82, 2.24) is 10.3 Å². The van der Waals surface area contributed by atoms with Crippen LogP contribution in [-0.4, -0.2) is 34.9 Å². The molecular formula is C11H16N2O2S. The van der Waals surface area contributed by atoms with Crippen molar-refractivity contribution in [2.75, 3.05) is 12.8 Å². The van der Waals surface area contributed by atoms with Crippen molar-refractivity contribution >= 4 is 17.7 Å². The number of rotatable bonds is 5. The van der Waals surface area contributed by atoms with Crippen molar-refractivity contribution in [3.8, 4) is 0 Å². The van der Waals surface area contributed by atoms with E-state index in [0.29, 0.717) is 18.5 Å². The van der Waals surface area contributed by atoms with Gasteiger partial charge in [-0.3, -0.25) is 4.79 Å². The van der Waals surface area contributed by atoms with Crippen LogP contribution in [0.25, 0.3) is 0 Å². The number of nitrogens with zero attached hydrogens (tertiary/aromatic N) is 1. The van der Waals surface area contributed by atoms with Gasteiger partial charge in [0.05, 0.1) is 11.1 Å². The first-order valence-electron chi connectivity index (χ1n) is 5.10. The number of carbonyl (C=O) groups excluding carboxylic acids is 1. The van der Waals surface area contributed by atoms with Gasteiger partial charge in [-0.25, -0.2) is 4.98 Å². The van der Waals surface area contributed by atoms with Gasteiger partial charge in [0.15, 0.2) is 0 Å². The molecule has 0 aliphatic heterocycles. The Hall–Kier alpha value is -1.07. The predicted octanol–water partition coefficient (Wildman–Crippen LogP) is 1.30. The molecular weight excluding hydrogens is 224 g/mol. The van der Waals surface area contributed by atoms with Gasteiger partial charge in [0.25, 0.3) is 5.91 Å². The van der Waals surface area contributed by atoms with Gasteiger partial charge in [0.1, 0.15) is 0 Å². The van der Waals surface area contributed by atoms with Crippen LogP contribution in [0, 0.1) is 0 Å². The molecule has 1 aromatic heterocycles. The summed E-state index contributed by atoms with van der Waals surface area (Å²) in [5.74, 6) is -0.127. The van der Waals surface area contributed by atoms with E-state index in [9.17, 15) is 4.79 Å². The maximum Gasteiger partial charge on any atom is 0.251 e. The minimum Gasteiger partial charge on any atom is -0.393 e. The van der Waals surface area contributed by atoms with Crippen LogP contribution in [0.4, 0.5) is 0 Å². The molecule has 1 amide bonds. The topological polar surface area (TPSA) is 62.2 Å². The smallest absolute Gasteiger partial charge is 0.251 e. The van der Waals surface area contributed by atoms with Gasteiger partial charge in [-0.05, 0) is 31.7 Å². The Labute approximate surface area is 99.5 Å². The molecule has 5 heteroatoms. The molecule has 1 aromatic rings. The van der Waals surface area contributed by atoms with E-state index in [-0.39, 0.29) is 12.0 Å². The molecule has 16 heavy (non-hydrogen) atoms. The number of nitrogens with one attached hydrogen (secondary N) is 1. The van der Waals surface area contributed by atoms with Crippen LogP contribution in [-0.2, 0) is 0 Å². The summed E-state index contributed by atoms with van der Waals surface area (Å²) in [5.41, 5.74) is 0.602. The summed E-state index contributed by atoms with van der Waals surface area (Å²) in [6, 6.07) is 3.43. The van der Waals surface area contributed by atoms with Gasteiger partial charge in [-0.1, -0.05) is 0 Å². The molecule has 0 saturated carbocycles. The number of hydrogen-bond donors (Lipinski definition) is 2. The highest BCUT2D eigenvalue weighted by Gasteiger charge is 2.06. The fourth-order valence-corrected chi connectivity index (χ4v) is 1.57. The highest BCUT2D eigenvalue weighted by atomic mass is 32.2. The fraction of sp³-hybridized carbons (Fsp3) is 0.455. The first kappa shape index (κ1) is 13.0. The van der Waals surface area contributed by atoms with Crippen molar-refractivity contribution < 1.29 is 9.90 Å². The first-order valence-corrected chi connectivity index (χ1v) is 6.32. The third-order valence-electron chi connectivity index (χ3n) is 2.05. The minimum absolute atomic E-state index is 0.127. The molecule has 2 N–H and O–H groups in total.